The molecule has 1 aliphatic heterocycles. The van der Waals surface area contributed by atoms with E-state index in [0.29, 0.717) is 24.5 Å². The summed E-state index contributed by atoms with van der Waals surface area (Å²) in [6, 6.07) is 5.38. The molecule has 0 aliphatic carbocycles. The van der Waals surface area contributed by atoms with Crippen LogP contribution in [0.5, 0.6) is 0 Å². The van der Waals surface area contributed by atoms with Gasteiger partial charge in [-0.05, 0) is 12.1 Å². The van der Waals surface area contributed by atoms with Gasteiger partial charge in [-0.25, -0.2) is 4.98 Å². The van der Waals surface area contributed by atoms with Crippen LogP contribution in [-0.4, -0.2) is 34.5 Å². The third kappa shape index (κ3) is 2.34. The highest BCUT2D eigenvalue weighted by Gasteiger charge is 2.26. The van der Waals surface area contributed by atoms with Gasteiger partial charge < -0.3 is 15.3 Å². The molecular formula is C13H15N3O2. The maximum atomic E-state index is 12.0. The maximum absolute atomic E-state index is 12.0. The molecule has 0 atom stereocenters. The van der Waals surface area contributed by atoms with Crippen LogP contribution in [0, 0.1) is 0 Å². The normalized spacial score (nSPS) is 15.8. The fourth-order valence-electron chi connectivity index (χ4n) is 1.77. The Balaban J connectivity index is 2.21. The van der Waals surface area contributed by atoms with Crippen LogP contribution >= 0.6 is 0 Å². The number of anilines is 1. The molecule has 94 valence electrons. The Morgan fingerprint density at radius 2 is 2.33 bits per heavy atom. The summed E-state index contributed by atoms with van der Waals surface area (Å²) in [5.41, 5.74) is 0.595. The first-order valence-electron chi connectivity index (χ1n) is 5.64. The zero-order chi connectivity index (χ0) is 13.1. The third-order valence-electron chi connectivity index (χ3n) is 2.78. The zero-order valence-electron chi connectivity index (χ0n) is 10.2. The number of aliphatic hydroxyl groups excluding tert-OH is 1. The van der Waals surface area contributed by atoms with Crippen LogP contribution < -0.4 is 5.32 Å². The molecule has 0 fully saturated rings. The molecule has 2 rings (SSSR count). The zero-order valence-corrected chi connectivity index (χ0v) is 10.2. The van der Waals surface area contributed by atoms with Gasteiger partial charge in [-0.2, -0.15) is 0 Å². The van der Waals surface area contributed by atoms with Crippen molar-refractivity contribution in [2.24, 2.45) is 0 Å². The number of aromatic nitrogens is 1. The molecule has 0 bridgehead atoms. The van der Waals surface area contributed by atoms with E-state index in [1.165, 1.54) is 0 Å². The quantitative estimate of drug-likeness (QED) is 0.850. The smallest absolute Gasteiger partial charge is 0.259 e. The minimum atomic E-state index is -0.229. The summed E-state index contributed by atoms with van der Waals surface area (Å²) in [7, 11) is 1.70. The number of nitrogens with one attached hydrogen (secondary N) is 1. The Morgan fingerprint density at radius 1 is 1.56 bits per heavy atom. The maximum Gasteiger partial charge on any atom is 0.259 e. The van der Waals surface area contributed by atoms with Gasteiger partial charge in [-0.3, -0.25) is 4.79 Å². The van der Waals surface area contributed by atoms with Gasteiger partial charge in [-0.1, -0.05) is 12.6 Å². The average molecular weight is 245 g/mol. The minimum absolute atomic E-state index is 0.0755. The second kappa shape index (κ2) is 4.91. The second-order valence-corrected chi connectivity index (χ2v) is 4.12. The van der Waals surface area contributed by atoms with Gasteiger partial charge in [0.05, 0.1) is 5.57 Å². The SMILES string of the molecule is C=C(Nc1ccccn1)C1=C(O)CCN(C)C1=O. The van der Waals surface area contributed by atoms with Crippen molar-refractivity contribution in [3.05, 3.63) is 48.0 Å². The number of carbonyl (C=O) groups is 1. The molecule has 1 aromatic heterocycles. The van der Waals surface area contributed by atoms with E-state index in [1.54, 1.807) is 30.3 Å². The van der Waals surface area contributed by atoms with Crippen LogP contribution in [0.3, 0.4) is 0 Å². The Morgan fingerprint density at radius 3 is 3.00 bits per heavy atom. The first kappa shape index (κ1) is 12.2. The van der Waals surface area contributed by atoms with Gasteiger partial charge in [0.15, 0.2) is 0 Å². The van der Waals surface area contributed by atoms with Crippen molar-refractivity contribution in [2.75, 3.05) is 18.9 Å². The van der Waals surface area contributed by atoms with Crippen molar-refractivity contribution < 1.29 is 9.90 Å². The van der Waals surface area contributed by atoms with Crippen molar-refractivity contribution in [1.29, 1.82) is 0 Å². The van der Waals surface area contributed by atoms with E-state index in [9.17, 15) is 9.90 Å². The number of rotatable bonds is 3. The topological polar surface area (TPSA) is 65.5 Å². The van der Waals surface area contributed by atoms with E-state index in [-0.39, 0.29) is 17.2 Å². The molecule has 18 heavy (non-hydrogen) atoms. The largest absolute Gasteiger partial charge is 0.511 e. The minimum Gasteiger partial charge on any atom is -0.511 e. The van der Waals surface area contributed by atoms with Gasteiger partial charge in [0.25, 0.3) is 5.91 Å². The molecule has 0 unspecified atom stereocenters. The highest BCUT2D eigenvalue weighted by atomic mass is 16.3. The molecule has 5 heteroatoms. The highest BCUT2D eigenvalue weighted by Crippen LogP contribution is 2.22. The summed E-state index contributed by atoms with van der Waals surface area (Å²) >= 11 is 0. The van der Waals surface area contributed by atoms with Crippen LogP contribution in [0.15, 0.2) is 48.0 Å². The molecule has 0 spiro atoms. The number of nitrogens with zero attached hydrogens (tertiary/aromatic N) is 2. The van der Waals surface area contributed by atoms with Gasteiger partial charge in [0.2, 0.25) is 0 Å². The van der Waals surface area contributed by atoms with E-state index >= 15 is 0 Å². The highest BCUT2D eigenvalue weighted by molar-refractivity contribution is 5.99. The average Bonchev–Trinajstić information content (AvgIpc) is 2.36. The molecule has 1 aromatic rings. The first-order chi connectivity index (χ1) is 8.59. The van der Waals surface area contributed by atoms with Gasteiger partial charge in [-0.15, -0.1) is 0 Å². The summed E-state index contributed by atoms with van der Waals surface area (Å²) < 4.78 is 0. The van der Waals surface area contributed by atoms with Crippen molar-refractivity contribution in [3.63, 3.8) is 0 Å². The van der Waals surface area contributed by atoms with Crippen molar-refractivity contribution in [1.82, 2.24) is 9.88 Å². The second-order valence-electron chi connectivity index (χ2n) is 4.12. The molecule has 0 radical (unpaired) electrons. The lowest BCUT2D eigenvalue weighted by molar-refractivity contribution is -0.126. The van der Waals surface area contributed by atoms with Gasteiger partial charge in [0.1, 0.15) is 11.6 Å². The molecular weight excluding hydrogens is 230 g/mol. The number of hydrogen-bond acceptors (Lipinski definition) is 4. The number of likely N-dealkylation sites (N-methyl/N-ethyl adjacent to an activating group) is 1. The van der Waals surface area contributed by atoms with Crippen molar-refractivity contribution >= 4 is 11.7 Å². The Hall–Kier alpha value is -2.30. The first-order valence-corrected chi connectivity index (χ1v) is 5.64. The van der Waals surface area contributed by atoms with E-state index < -0.39 is 0 Å². The van der Waals surface area contributed by atoms with Crippen LogP contribution in [-0.2, 0) is 4.79 Å². The van der Waals surface area contributed by atoms with E-state index in [1.807, 2.05) is 6.07 Å². The third-order valence-corrected chi connectivity index (χ3v) is 2.78. The fourth-order valence-corrected chi connectivity index (χ4v) is 1.77. The summed E-state index contributed by atoms with van der Waals surface area (Å²) in [4.78, 5) is 17.6. The number of carbonyl (C=O) groups excluding carboxylic acids is 1. The Labute approximate surface area is 105 Å². The molecule has 1 aliphatic rings. The monoisotopic (exact) mass is 245 g/mol. The predicted molar refractivity (Wildman–Crippen MR) is 68.9 cm³/mol. The number of amides is 1. The standard InChI is InChI=1S/C13H15N3O2/c1-9(15-11-5-3-4-7-14-11)12-10(17)6-8-16(2)13(12)18/h3-5,7,17H,1,6,8H2,2H3,(H,14,15). The van der Waals surface area contributed by atoms with Gasteiger partial charge >= 0.3 is 0 Å². The lowest BCUT2D eigenvalue weighted by Gasteiger charge is -2.25. The van der Waals surface area contributed by atoms with Crippen LogP contribution in [0.25, 0.3) is 0 Å². The molecule has 2 heterocycles. The van der Waals surface area contributed by atoms with Crippen LogP contribution in [0.4, 0.5) is 5.82 Å². The molecule has 0 saturated heterocycles. The van der Waals surface area contributed by atoms with E-state index in [0.717, 1.165) is 0 Å². The lowest BCUT2D eigenvalue weighted by atomic mass is 10.0. The fraction of sp³-hybridized carbons (Fsp3) is 0.231. The van der Waals surface area contributed by atoms with Crippen LogP contribution in [0.1, 0.15) is 6.42 Å². The number of aliphatic hydroxyl groups is 1. The molecule has 0 aromatic carbocycles. The molecule has 1 amide bonds. The van der Waals surface area contributed by atoms with E-state index in [2.05, 4.69) is 16.9 Å². The van der Waals surface area contributed by atoms with Crippen molar-refractivity contribution in [2.45, 2.75) is 6.42 Å². The Bertz CT molecular complexity index is 508. The summed E-state index contributed by atoms with van der Waals surface area (Å²) in [5.74, 6) is 0.433. The molecule has 2 N–H and O–H groups in total. The van der Waals surface area contributed by atoms with Gasteiger partial charge in [0, 0.05) is 31.9 Å². The summed E-state index contributed by atoms with van der Waals surface area (Å²) in [6.45, 7) is 4.31. The van der Waals surface area contributed by atoms with E-state index in [4.69, 9.17) is 0 Å². The van der Waals surface area contributed by atoms with Crippen LogP contribution in [0.2, 0.25) is 0 Å². The Kier molecular flexibility index (Phi) is 3.32. The number of pyridine rings is 1. The summed E-state index contributed by atoms with van der Waals surface area (Å²) in [5, 5.41) is 12.7. The molecule has 5 nitrogen and oxygen atoms in total. The molecule has 0 saturated carbocycles. The number of hydrogen-bond donors (Lipinski definition) is 2. The van der Waals surface area contributed by atoms with Crippen molar-refractivity contribution in [3.8, 4) is 0 Å². The summed E-state index contributed by atoms with van der Waals surface area (Å²) in [6.07, 6.45) is 2.08. The lowest BCUT2D eigenvalue weighted by Crippen LogP contribution is -2.35. The predicted octanol–water partition coefficient (Wildman–Crippen LogP) is 1.68.